The summed E-state index contributed by atoms with van der Waals surface area (Å²) in [5.41, 5.74) is 0.939. The van der Waals surface area contributed by atoms with E-state index in [0.29, 0.717) is 0 Å². The Labute approximate surface area is 96.6 Å². The molecule has 0 bridgehead atoms. The Hall–Kier alpha value is -1.69. The molecule has 16 heavy (non-hydrogen) atoms. The van der Waals surface area contributed by atoms with Crippen molar-refractivity contribution in [3.63, 3.8) is 0 Å². The van der Waals surface area contributed by atoms with Gasteiger partial charge in [0, 0.05) is 6.07 Å². The van der Waals surface area contributed by atoms with Crippen LogP contribution in [0.15, 0.2) is 18.2 Å². The molecule has 0 saturated carbocycles. The molecule has 1 aromatic rings. The van der Waals surface area contributed by atoms with E-state index in [-0.39, 0.29) is 11.8 Å². The number of benzene rings is 1. The highest BCUT2D eigenvalue weighted by molar-refractivity contribution is 5.41. The number of ether oxygens (including phenoxy) is 2. The molecule has 0 fully saturated rings. The monoisotopic (exact) mass is 219 g/mol. The van der Waals surface area contributed by atoms with Crippen LogP contribution in [0.25, 0.3) is 0 Å². The zero-order valence-electron chi connectivity index (χ0n) is 10.2. The van der Waals surface area contributed by atoms with Gasteiger partial charge in [0.15, 0.2) is 0 Å². The van der Waals surface area contributed by atoms with Gasteiger partial charge < -0.3 is 9.47 Å². The maximum Gasteiger partial charge on any atom is 0.122 e. The van der Waals surface area contributed by atoms with Gasteiger partial charge in [0.05, 0.1) is 26.2 Å². The number of nitrogens with zero attached hydrogens (tertiary/aromatic N) is 1. The average molecular weight is 219 g/mol. The fourth-order valence-electron chi connectivity index (χ4n) is 1.62. The van der Waals surface area contributed by atoms with Gasteiger partial charge in [0.1, 0.15) is 11.5 Å². The zero-order valence-corrected chi connectivity index (χ0v) is 10.2. The van der Waals surface area contributed by atoms with Crippen molar-refractivity contribution in [3.05, 3.63) is 23.8 Å². The summed E-state index contributed by atoms with van der Waals surface area (Å²) >= 11 is 0. The Morgan fingerprint density at radius 2 is 1.56 bits per heavy atom. The summed E-state index contributed by atoms with van der Waals surface area (Å²) in [5.74, 6) is 1.57. The van der Waals surface area contributed by atoms with Gasteiger partial charge in [-0.15, -0.1) is 0 Å². The molecule has 1 rings (SSSR count). The second-order valence-electron chi connectivity index (χ2n) is 4.00. The summed E-state index contributed by atoms with van der Waals surface area (Å²) in [7, 11) is 3.21. The maximum absolute atomic E-state index is 9.15. The summed E-state index contributed by atoms with van der Waals surface area (Å²) in [5, 5.41) is 9.15. The molecule has 0 aliphatic rings. The number of hydrogen-bond donors (Lipinski definition) is 0. The van der Waals surface area contributed by atoms with Gasteiger partial charge in [0.25, 0.3) is 0 Å². The van der Waals surface area contributed by atoms with Crippen LogP contribution in [0.2, 0.25) is 0 Å². The average Bonchev–Trinajstić information content (AvgIpc) is 2.29. The summed E-state index contributed by atoms with van der Waals surface area (Å²) in [6, 6.07) is 7.88. The highest BCUT2D eigenvalue weighted by atomic mass is 16.5. The van der Waals surface area contributed by atoms with Gasteiger partial charge in [-0.3, -0.25) is 0 Å². The Balaban J connectivity index is 3.17. The molecule has 0 N–H and O–H groups in total. The van der Waals surface area contributed by atoms with E-state index in [1.54, 1.807) is 20.3 Å². The Morgan fingerprint density at radius 3 is 1.88 bits per heavy atom. The fraction of sp³-hybridized carbons (Fsp3) is 0.462. The second kappa shape index (κ2) is 5.41. The molecule has 0 spiro atoms. The van der Waals surface area contributed by atoms with Crippen LogP contribution < -0.4 is 9.47 Å². The largest absolute Gasteiger partial charge is 0.497 e. The molecular formula is C13H17NO2. The SMILES string of the molecule is COc1cc(OC)cc(C(C#N)C(C)C)c1. The summed E-state index contributed by atoms with van der Waals surface area (Å²) < 4.78 is 10.4. The number of nitriles is 1. The van der Waals surface area contributed by atoms with Crippen LogP contribution >= 0.6 is 0 Å². The van der Waals surface area contributed by atoms with Gasteiger partial charge in [-0.05, 0) is 23.6 Å². The molecule has 0 saturated heterocycles. The molecule has 0 amide bonds. The van der Waals surface area contributed by atoms with Crippen molar-refractivity contribution in [1.82, 2.24) is 0 Å². The molecule has 3 heteroatoms. The van der Waals surface area contributed by atoms with E-state index in [9.17, 15) is 0 Å². The van der Waals surface area contributed by atoms with E-state index >= 15 is 0 Å². The lowest BCUT2D eigenvalue weighted by Crippen LogP contribution is -2.04. The molecule has 1 aromatic carbocycles. The van der Waals surface area contributed by atoms with Crippen LogP contribution in [0.1, 0.15) is 25.3 Å². The number of methoxy groups -OCH3 is 2. The van der Waals surface area contributed by atoms with E-state index < -0.39 is 0 Å². The highest BCUT2D eigenvalue weighted by Gasteiger charge is 2.16. The molecule has 0 radical (unpaired) electrons. The first-order valence-corrected chi connectivity index (χ1v) is 5.25. The Bertz CT molecular complexity index is 371. The summed E-state index contributed by atoms with van der Waals surface area (Å²) in [6.07, 6.45) is 0. The van der Waals surface area contributed by atoms with Gasteiger partial charge in [0.2, 0.25) is 0 Å². The minimum absolute atomic E-state index is 0.135. The predicted octanol–water partition coefficient (Wildman–Crippen LogP) is 2.97. The van der Waals surface area contributed by atoms with E-state index in [0.717, 1.165) is 17.1 Å². The van der Waals surface area contributed by atoms with Crippen molar-refractivity contribution >= 4 is 0 Å². The van der Waals surface area contributed by atoms with Crippen molar-refractivity contribution in [2.75, 3.05) is 14.2 Å². The van der Waals surface area contributed by atoms with Crippen molar-refractivity contribution < 1.29 is 9.47 Å². The first-order chi connectivity index (χ1) is 7.62. The van der Waals surface area contributed by atoms with E-state index in [1.165, 1.54) is 0 Å². The predicted molar refractivity (Wildman–Crippen MR) is 62.7 cm³/mol. The first-order valence-electron chi connectivity index (χ1n) is 5.25. The normalized spacial score (nSPS) is 12.0. The van der Waals surface area contributed by atoms with Crippen molar-refractivity contribution in [1.29, 1.82) is 5.26 Å². The second-order valence-corrected chi connectivity index (χ2v) is 4.00. The van der Waals surface area contributed by atoms with Crippen LogP contribution in [-0.4, -0.2) is 14.2 Å². The van der Waals surface area contributed by atoms with Crippen LogP contribution in [0.3, 0.4) is 0 Å². The summed E-state index contributed by atoms with van der Waals surface area (Å²) in [6.45, 7) is 4.06. The van der Waals surface area contributed by atoms with Gasteiger partial charge >= 0.3 is 0 Å². The molecule has 1 unspecified atom stereocenters. The highest BCUT2D eigenvalue weighted by Crippen LogP contribution is 2.30. The Morgan fingerprint density at radius 1 is 1.06 bits per heavy atom. The molecule has 0 aliphatic carbocycles. The van der Waals surface area contributed by atoms with Gasteiger partial charge in [-0.1, -0.05) is 13.8 Å². The molecule has 0 heterocycles. The van der Waals surface area contributed by atoms with Crippen molar-refractivity contribution in [3.8, 4) is 17.6 Å². The molecule has 3 nitrogen and oxygen atoms in total. The van der Waals surface area contributed by atoms with E-state index in [1.807, 2.05) is 26.0 Å². The zero-order chi connectivity index (χ0) is 12.1. The van der Waals surface area contributed by atoms with Crippen molar-refractivity contribution in [2.24, 2.45) is 5.92 Å². The number of hydrogen-bond acceptors (Lipinski definition) is 3. The lowest BCUT2D eigenvalue weighted by Gasteiger charge is -2.15. The third-order valence-electron chi connectivity index (χ3n) is 2.54. The lowest BCUT2D eigenvalue weighted by molar-refractivity contribution is 0.392. The first kappa shape index (κ1) is 12.4. The van der Waals surface area contributed by atoms with Crippen LogP contribution in [-0.2, 0) is 0 Å². The third-order valence-corrected chi connectivity index (χ3v) is 2.54. The van der Waals surface area contributed by atoms with Crippen LogP contribution in [0.4, 0.5) is 0 Å². The molecule has 0 aliphatic heterocycles. The smallest absolute Gasteiger partial charge is 0.122 e. The van der Waals surface area contributed by atoms with E-state index in [2.05, 4.69) is 6.07 Å². The quantitative estimate of drug-likeness (QED) is 0.781. The topological polar surface area (TPSA) is 42.2 Å². The minimum atomic E-state index is -0.135. The molecular weight excluding hydrogens is 202 g/mol. The maximum atomic E-state index is 9.15. The lowest BCUT2D eigenvalue weighted by atomic mass is 9.89. The van der Waals surface area contributed by atoms with Gasteiger partial charge in [-0.25, -0.2) is 0 Å². The van der Waals surface area contributed by atoms with Crippen molar-refractivity contribution in [2.45, 2.75) is 19.8 Å². The van der Waals surface area contributed by atoms with Gasteiger partial charge in [-0.2, -0.15) is 5.26 Å². The minimum Gasteiger partial charge on any atom is -0.497 e. The molecule has 86 valence electrons. The number of rotatable bonds is 4. The van der Waals surface area contributed by atoms with Crippen LogP contribution in [0, 0.1) is 17.2 Å². The Kier molecular flexibility index (Phi) is 4.19. The van der Waals surface area contributed by atoms with E-state index in [4.69, 9.17) is 14.7 Å². The standard InChI is InChI=1S/C13H17NO2/c1-9(2)13(8-14)10-5-11(15-3)7-12(6-10)16-4/h5-7,9,13H,1-4H3. The molecule has 1 atom stereocenters. The third kappa shape index (κ3) is 2.66. The summed E-state index contributed by atoms with van der Waals surface area (Å²) in [4.78, 5) is 0. The fourth-order valence-corrected chi connectivity index (χ4v) is 1.62. The molecule has 0 aromatic heterocycles. The van der Waals surface area contributed by atoms with Crippen LogP contribution in [0.5, 0.6) is 11.5 Å².